The zero-order valence-corrected chi connectivity index (χ0v) is 15.5. The first-order chi connectivity index (χ1) is 13.2. The molecule has 0 aliphatic carbocycles. The zero-order valence-electron chi connectivity index (χ0n) is 15.5. The van der Waals surface area contributed by atoms with E-state index in [2.05, 4.69) is 20.6 Å². The number of hydrogen-bond donors (Lipinski definition) is 2. The van der Waals surface area contributed by atoms with Gasteiger partial charge in [0, 0.05) is 37.6 Å². The molecule has 6 nitrogen and oxygen atoms in total. The predicted octanol–water partition coefficient (Wildman–Crippen LogP) is 4.01. The molecule has 0 spiro atoms. The molecule has 0 bridgehead atoms. The summed E-state index contributed by atoms with van der Waals surface area (Å²) in [7, 11) is 1.97. The van der Waals surface area contributed by atoms with Gasteiger partial charge < -0.3 is 15.5 Å². The average Bonchev–Trinajstić information content (AvgIpc) is 2.73. The van der Waals surface area contributed by atoms with Gasteiger partial charge in [-0.3, -0.25) is 4.79 Å². The van der Waals surface area contributed by atoms with Crippen LogP contribution >= 0.6 is 0 Å². The van der Waals surface area contributed by atoms with Crippen molar-refractivity contribution in [2.45, 2.75) is 19.9 Å². The molecule has 138 valence electrons. The Bertz CT molecular complexity index is 898. The van der Waals surface area contributed by atoms with Crippen LogP contribution in [0.25, 0.3) is 0 Å². The fraction of sp³-hybridized carbons (Fsp3) is 0.190. The molecule has 0 saturated heterocycles. The first kappa shape index (κ1) is 18.4. The van der Waals surface area contributed by atoms with Crippen molar-refractivity contribution >= 4 is 29.0 Å². The summed E-state index contributed by atoms with van der Waals surface area (Å²) in [5, 5.41) is 6.16. The van der Waals surface area contributed by atoms with E-state index in [1.807, 2.05) is 79.5 Å². The Morgan fingerprint density at radius 3 is 2.56 bits per heavy atom. The Labute approximate surface area is 159 Å². The summed E-state index contributed by atoms with van der Waals surface area (Å²) in [5.74, 6) is 1.31. The van der Waals surface area contributed by atoms with Gasteiger partial charge in [0.1, 0.15) is 5.82 Å². The molecule has 3 aromatic rings. The van der Waals surface area contributed by atoms with Crippen LogP contribution in [-0.4, -0.2) is 22.9 Å². The fourth-order valence-electron chi connectivity index (χ4n) is 2.62. The fourth-order valence-corrected chi connectivity index (χ4v) is 2.62. The second-order valence-corrected chi connectivity index (χ2v) is 6.05. The monoisotopic (exact) mass is 361 g/mol. The van der Waals surface area contributed by atoms with Crippen LogP contribution in [0.3, 0.4) is 0 Å². The van der Waals surface area contributed by atoms with Crippen molar-refractivity contribution in [2.75, 3.05) is 17.3 Å². The average molecular weight is 361 g/mol. The van der Waals surface area contributed by atoms with Gasteiger partial charge >= 0.3 is 0 Å². The van der Waals surface area contributed by atoms with Crippen molar-refractivity contribution in [1.82, 2.24) is 15.3 Å². The normalized spacial score (nSPS) is 10.3. The number of nitrogens with one attached hydrogen (secondary N) is 2. The van der Waals surface area contributed by atoms with Gasteiger partial charge in [-0.1, -0.05) is 43.3 Å². The predicted molar refractivity (Wildman–Crippen MR) is 108 cm³/mol. The number of rotatable bonds is 7. The molecule has 0 aliphatic rings. The van der Waals surface area contributed by atoms with Gasteiger partial charge in [0.2, 0.25) is 11.9 Å². The first-order valence-electron chi connectivity index (χ1n) is 8.91. The minimum absolute atomic E-state index is 0.0209. The van der Waals surface area contributed by atoms with Gasteiger partial charge in [0.25, 0.3) is 0 Å². The van der Waals surface area contributed by atoms with Crippen LogP contribution in [0.4, 0.5) is 23.1 Å². The number of carbonyl (C=O) groups is 1. The van der Waals surface area contributed by atoms with E-state index < -0.39 is 0 Å². The number of aromatic nitrogens is 2. The minimum atomic E-state index is 0.0209. The number of benzene rings is 2. The van der Waals surface area contributed by atoms with E-state index in [9.17, 15) is 4.79 Å². The molecule has 6 heteroatoms. The zero-order chi connectivity index (χ0) is 19.1. The first-order valence-corrected chi connectivity index (χ1v) is 8.91. The maximum Gasteiger partial charge on any atom is 0.229 e. The minimum Gasteiger partial charge on any atom is -0.352 e. The van der Waals surface area contributed by atoms with Crippen molar-refractivity contribution in [2.24, 2.45) is 0 Å². The van der Waals surface area contributed by atoms with E-state index in [-0.39, 0.29) is 5.91 Å². The van der Waals surface area contributed by atoms with Crippen molar-refractivity contribution in [3.8, 4) is 0 Å². The molecule has 2 N–H and O–H groups in total. The Kier molecular flexibility index (Phi) is 5.99. The lowest BCUT2D eigenvalue weighted by Gasteiger charge is -2.19. The number of carbonyl (C=O) groups excluding carboxylic acids is 1. The van der Waals surface area contributed by atoms with E-state index in [1.165, 1.54) is 0 Å². The highest BCUT2D eigenvalue weighted by molar-refractivity contribution is 5.75. The summed E-state index contributed by atoms with van der Waals surface area (Å²) in [5.41, 5.74) is 2.89. The third kappa shape index (κ3) is 4.82. The maximum absolute atomic E-state index is 11.5. The van der Waals surface area contributed by atoms with E-state index in [4.69, 9.17) is 0 Å². The van der Waals surface area contributed by atoms with Crippen LogP contribution in [0.15, 0.2) is 66.9 Å². The van der Waals surface area contributed by atoms with Crippen molar-refractivity contribution in [1.29, 1.82) is 0 Å². The van der Waals surface area contributed by atoms with Crippen LogP contribution in [0.1, 0.15) is 18.9 Å². The van der Waals surface area contributed by atoms with Gasteiger partial charge in [-0.15, -0.1) is 0 Å². The number of anilines is 4. The SMILES string of the molecule is CCC(=O)NCc1ccccc1Nc1nccc(N(C)c2ccccc2)n1. The lowest BCUT2D eigenvalue weighted by molar-refractivity contribution is -0.120. The molecule has 1 amide bonds. The summed E-state index contributed by atoms with van der Waals surface area (Å²) in [6.07, 6.45) is 2.19. The number of hydrogen-bond acceptors (Lipinski definition) is 5. The molecule has 0 unspecified atom stereocenters. The van der Waals surface area contributed by atoms with E-state index in [0.29, 0.717) is 18.9 Å². The number of para-hydroxylation sites is 2. The van der Waals surface area contributed by atoms with Gasteiger partial charge in [-0.25, -0.2) is 4.98 Å². The highest BCUT2D eigenvalue weighted by atomic mass is 16.1. The Morgan fingerprint density at radius 1 is 1.04 bits per heavy atom. The highest BCUT2D eigenvalue weighted by Crippen LogP contribution is 2.23. The van der Waals surface area contributed by atoms with Crippen LogP contribution in [0, 0.1) is 0 Å². The Morgan fingerprint density at radius 2 is 1.78 bits per heavy atom. The van der Waals surface area contributed by atoms with Gasteiger partial charge in [0.05, 0.1) is 0 Å². The smallest absolute Gasteiger partial charge is 0.229 e. The standard InChI is InChI=1S/C21H23N5O/c1-3-20(27)23-15-16-9-7-8-12-18(16)24-21-22-14-13-19(25-21)26(2)17-10-5-4-6-11-17/h4-14H,3,15H2,1-2H3,(H,23,27)(H,22,24,25). The second-order valence-electron chi connectivity index (χ2n) is 6.05. The molecule has 1 heterocycles. The van der Waals surface area contributed by atoms with Crippen molar-refractivity contribution < 1.29 is 4.79 Å². The number of nitrogens with zero attached hydrogens (tertiary/aromatic N) is 3. The lowest BCUT2D eigenvalue weighted by Crippen LogP contribution is -2.22. The topological polar surface area (TPSA) is 70.2 Å². The molecule has 1 aromatic heterocycles. The largest absolute Gasteiger partial charge is 0.352 e. The molecule has 0 fully saturated rings. The van der Waals surface area contributed by atoms with Gasteiger partial charge in [-0.2, -0.15) is 4.98 Å². The third-order valence-electron chi connectivity index (χ3n) is 4.19. The second kappa shape index (κ2) is 8.80. The Hall–Kier alpha value is -3.41. The quantitative estimate of drug-likeness (QED) is 0.665. The maximum atomic E-state index is 11.5. The highest BCUT2D eigenvalue weighted by Gasteiger charge is 2.09. The summed E-state index contributed by atoms with van der Waals surface area (Å²) in [6.45, 7) is 2.29. The van der Waals surface area contributed by atoms with E-state index in [0.717, 1.165) is 22.8 Å². The van der Waals surface area contributed by atoms with Gasteiger partial charge in [0.15, 0.2) is 0 Å². The summed E-state index contributed by atoms with van der Waals surface area (Å²) in [6, 6.07) is 19.7. The number of amides is 1. The molecule has 0 atom stereocenters. The molecule has 0 saturated carbocycles. The van der Waals surface area contributed by atoms with Crippen LogP contribution < -0.4 is 15.5 Å². The molecule has 3 rings (SSSR count). The Balaban J connectivity index is 1.78. The molecule has 0 aliphatic heterocycles. The molecule has 2 aromatic carbocycles. The van der Waals surface area contributed by atoms with Gasteiger partial charge in [-0.05, 0) is 29.8 Å². The van der Waals surface area contributed by atoms with Crippen molar-refractivity contribution in [3.05, 3.63) is 72.4 Å². The molecular formula is C21H23N5O. The van der Waals surface area contributed by atoms with E-state index in [1.54, 1.807) is 6.20 Å². The lowest BCUT2D eigenvalue weighted by atomic mass is 10.1. The van der Waals surface area contributed by atoms with E-state index >= 15 is 0 Å². The summed E-state index contributed by atoms with van der Waals surface area (Å²) < 4.78 is 0. The van der Waals surface area contributed by atoms with Crippen molar-refractivity contribution in [3.63, 3.8) is 0 Å². The summed E-state index contributed by atoms with van der Waals surface area (Å²) >= 11 is 0. The van der Waals surface area contributed by atoms with Crippen LogP contribution in [-0.2, 0) is 11.3 Å². The third-order valence-corrected chi connectivity index (χ3v) is 4.19. The van der Waals surface area contributed by atoms with Crippen LogP contribution in [0.2, 0.25) is 0 Å². The summed E-state index contributed by atoms with van der Waals surface area (Å²) in [4.78, 5) is 22.5. The molecule has 27 heavy (non-hydrogen) atoms. The molecular weight excluding hydrogens is 338 g/mol. The van der Waals surface area contributed by atoms with Crippen LogP contribution in [0.5, 0.6) is 0 Å². The molecule has 0 radical (unpaired) electrons.